The first-order chi connectivity index (χ1) is 13.3. The predicted molar refractivity (Wildman–Crippen MR) is 107 cm³/mol. The van der Waals surface area contributed by atoms with E-state index in [0.717, 1.165) is 53.5 Å². The largest absolute Gasteiger partial charge is 0.326 e. The highest BCUT2D eigenvalue weighted by Gasteiger charge is 2.19. The summed E-state index contributed by atoms with van der Waals surface area (Å²) in [5.74, 6) is 0. The van der Waals surface area contributed by atoms with Crippen LogP contribution < -0.4 is 5.73 Å². The van der Waals surface area contributed by atoms with E-state index in [1.165, 1.54) is 5.56 Å². The van der Waals surface area contributed by atoms with Crippen LogP contribution in [0.15, 0.2) is 54.3 Å². The molecule has 0 aliphatic carbocycles. The zero-order valence-electron chi connectivity index (χ0n) is 14.8. The summed E-state index contributed by atoms with van der Waals surface area (Å²) in [6.45, 7) is 2.91. The van der Waals surface area contributed by atoms with Gasteiger partial charge in [-0.2, -0.15) is 5.10 Å². The van der Waals surface area contributed by atoms with Gasteiger partial charge in [0, 0.05) is 38.1 Å². The maximum Gasteiger partial charge on any atom is 0.165 e. The first-order valence-corrected chi connectivity index (χ1v) is 9.96. The van der Waals surface area contributed by atoms with Crippen LogP contribution >= 0.6 is 11.3 Å². The number of nitrogens with two attached hydrogens (primary N) is 1. The van der Waals surface area contributed by atoms with Crippen molar-refractivity contribution in [3.8, 4) is 21.8 Å². The minimum atomic E-state index is 0.297. The van der Waals surface area contributed by atoms with Crippen LogP contribution in [0.1, 0.15) is 12.0 Å². The summed E-state index contributed by atoms with van der Waals surface area (Å²) >= 11 is 1.69. The number of rotatable bonds is 4. The normalized spacial score (nSPS) is 17.7. The van der Waals surface area contributed by atoms with Gasteiger partial charge in [0.25, 0.3) is 0 Å². The number of thiophene rings is 1. The fourth-order valence-corrected chi connectivity index (χ4v) is 4.29. The van der Waals surface area contributed by atoms with Gasteiger partial charge in [0.15, 0.2) is 5.65 Å². The number of aromatic nitrogens is 4. The van der Waals surface area contributed by atoms with Crippen molar-refractivity contribution in [1.29, 1.82) is 0 Å². The lowest BCUT2D eigenvalue weighted by atomic mass is 10.1. The zero-order chi connectivity index (χ0) is 18.2. The number of pyridine rings is 1. The standard InChI is InChI=1S/C20H20N6S/c21-15-4-7-25(13-15)12-14-3-6-22-18(10-14)16-11-23-26-8-5-17(24-20(16)26)19-2-1-9-27-19/h1-3,5-6,8-11,15H,4,7,12-13,21H2/t15-/m0/s1. The molecule has 27 heavy (non-hydrogen) atoms. The second-order valence-corrected chi connectivity index (χ2v) is 7.90. The van der Waals surface area contributed by atoms with E-state index < -0.39 is 0 Å². The van der Waals surface area contributed by atoms with E-state index in [0.29, 0.717) is 6.04 Å². The Morgan fingerprint density at radius 2 is 2.19 bits per heavy atom. The van der Waals surface area contributed by atoms with E-state index in [9.17, 15) is 0 Å². The third-order valence-electron chi connectivity index (χ3n) is 4.96. The average Bonchev–Trinajstić information content (AvgIpc) is 3.42. The molecule has 2 N–H and O–H groups in total. The van der Waals surface area contributed by atoms with Crippen molar-refractivity contribution in [1.82, 2.24) is 24.5 Å². The number of hydrogen-bond donors (Lipinski definition) is 1. The summed E-state index contributed by atoms with van der Waals surface area (Å²) in [6, 6.07) is 10.6. The Hall–Kier alpha value is -2.61. The second kappa shape index (κ2) is 6.84. The molecule has 0 saturated carbocycles. The van der Waals surface area contributed by atoms with Gasteiger partial charge in [-0.15, -0.1) is 11.3 Å². The number of hydrogen-bond acceptors (Lipinski definition) is 6. The van der Waals surface area contributed by atoms with E-state index in [4.69, 9.17) is 10.7 Å². The fourth-order valence-electron chi connectivity index (χ4n) is 3.60. The van der Waals surface area contributed by atoms with E-state index in [-0.39, 0.29) is 0 Å². The average molecular weight is 376 g/mol. The lowest BCUT2D eigenvalue weighted by Crippen LogP contribution is -2.26. The van der Waals surface area contributed by atoms with Crippen molar-refractivity contribution in [2.45, 2.75) is 19.0 Å². The second-order valence-electron chi connectivity index (χ2n) is 6.95. The number of likely N-dealkylation sites (tertiary alicyclic amines) is 1. The van der Waals surface area contributed by atoms with Crippen LogP contribution in [0.4, 0.5) is 0 Å². The minimum absolute atomic E-state index is 0.297. The molecular weight excluding hydrogens is 356 g/mol. The summed E-state index contributed by atoms with van der Waals surface area (Å²) in [4.78, 5) is 13.0. The smallest absolute Gasteiger partial charge is 0.165 e. The molecule has 1 fully saturated rings. The highest BCUT2D eigenvalue weighted by molar-refractivity contribution is 7.13. The molecule has 1 aliphatic heterocycles. The summed E-state index contributed by atoms with van der Waals surface area (Å²) in [5.41, 5.74) is 10.9. The molecular formula is C20H20N6S. The molecule has 0 spiro atoms. The molecule has 0 radical (unpaired) electrons. The molecule has 0 bridgehead atoms. The van der Waals surface area contributed by atoms with Crippen LogP contribution in [0.25, 0.3) is 27.5 Å². The molecule has 136 valence electrons. The van der Waals surface area contributed by atoms with Gasteiger partial charge in [0.2, 0.25) is 0 Å². The first-order valence-electron chi connectivity index (χ1n) is 9.08. The highest BCUT2D eigenvalue weighted by Crippen LogP contribution is 2.27. The molecule has 1 atom stereocenters. The third kappa shape index (κ3) is 3.25. The Labute approximate surface area is 161 Å². The lowest BCUT2D eigenvalue weighted by molar-refractivity contribution is 0.327. The van der Waals surface area contributed by atoms with Crippen molar-refractivity contribution in [3.63, 3.8) is 0 Å². The van der Waals surface area contributed by atoms with E-state index >= 15 is 0 Å². The van der Waals surface area contributed by atoms with Crippen molar-refractivity contribution in [2.24, 2.45) is 5.73 Å². The Morgan fingerprint density at radius 3 is 3.00 bits per heavy atom. The van der Waals surface area contributed by atoms with Crippen LogP contribution in [0.5, 0.6) is 0 Å². The van der Waals surface area contributed by atoms with E-state index in [2.05, 4.69) is 38.6 Å². The Bertz CT molecular complexity index is 1070. The van der Waals surface area contributed by atoms with E-state index in [1.807, 2.05) is 30.7 Å². The van der Waals surface area contributed by atoms with Crippen LogP contribution in [0, 0.1) is 0 Å². The van der Waals surface area contributed by atoms with E-state index in [1.54, 1.807) is 15.9 Å². The number of nitrogens with zero attached hydrogens (tertiary/aromatic N) is 5. The molecule has 5 rings (SSSR count). The van der Waals surface area contributed by atoms with Gasteiger partial charge in [0.05, 0.1) is 28.0 Å². The van der Waals surface area contributed by atoms with Crippen LogP contribution in [0.3, 0.4) is 0 Å². The molecule has 0 amide bonds. The summed E-state index contributed by atoms with van der Waals surface area (Å²) in [5, 5.41) is 6.51. The molecule has 7 heteroatoms. The molecule has 1 saturated heterocycles. The van der Waals surface area contributed by atoms with Gasteiger partial charge < -0.3 is 5.73 Å². The van der Waals surface area contributed by atoms with Crippen molar-refractivity contribution in [3.05, 3.63) is 59.9 Å². The lowest BCUT2D eigenvalue weighted by Gasteiger charge is -2.15. The molecule has 6 nitrogen and oxygen atoms in total. The maximum atomic E-state index is 6.03. The van der Waals surface area contributed by atoms with Gasteiger partial charge in [-0.05, 0) is 41.6 Å². The van der Waals surface area contributed by atoms with Crippen LogP contribution in [-0.4, -0.2) is 43.6 Å². The van der Waals surface area contributed by atoms with Gasteiger partial charge in [-0.3, -0.25) is 9.88 Å². The molecule has 0 aromatic carbocycles. The van der Waals surface area contributed by atoms with Gasteiger partial charge in [0.1, 0.15) is 0 Å². The molecule has 4 aromatic rings. The monoisotopic (exact) mass is 376 g/mol. The van der Waals surface area contributed by atoms with Crippen LogP contribution in [-0.2, 0) is 6.54 Å². The van der Waals surface area contributed by atoms with Crippen LogP contribution in [0.2, 0.25) is 0 Å². The topological polar surface area (TPSA) is 72.3 Å². The highest BCUT2D eigenvalue weighted by atomic mass is 32.1. The fraction of sp³-hybridized carbons (Fsp3) is 0.250. The predicted octanol–water partition coefficient (Wildman–Crippen LogP) is 3.05. The third-order valence-corrected chi connectivity index (χ3v) is 5.85. The maximum absolute atomic E-state index is 6.03. The number of fused-ring (bicyclic) bond motifs is 1. The summed E-state index contributed by atoms with van der Waals surface area (Å²) < 4.78 is 1.81. The molecule has 0 unspecified atom stereocenters. The molecule has 4 aromatic heterocycles. The quantitative estimate of drug-likeness (QED) is 0.593. The Balaban J connectivity index is 1.50. The van der Waals surface area contributed by atoms with Crippen molar-refractivity contribution >= 4 is 17.0 Å². The minimum Gasteiger partial charge on any atom is -0.326 e. The van der Waals surface area contributed by atoms with Gasteiger partial charge in [-0.25, -0.2) is 9.50 Å². The molecule has 5 heterocycles. The molecule has 1 aliphatic rings. The first kappa shape index (κ1) is 16.6. The van der Waals surface area contributed by atoms with Crippen molar-refractivity contribution < 1.29 is 0 Å². The summed E-state index contributed by atoms with van der Waals surface area (Å²) in [7, 11) is 0. The Morgan fingerprint density at radius 1 is 1.22 bits per heavy atom. The van der Waals surface area contributed by atoms with Gasteiger partial charge >= 0.3 is 0 Å². The Kier molecular flexibility index (Phi) is 4.20. The summed E-state index contributed by atoms with van der Waals surface area (Å²) in [6.07, 6.45) is 6.74. The zero-order valence-corrected chi connectivity index (χ0v) is 15.6. The van der Waals surface area contributed by atoms with Crippen molar-refractivity contribution in [2.75, 3.05) is 13.1 Å². The van der Waals surface area contributed by atoms with Gasteiger partial charge in [-0.1, -0.05) is 6.07 Å². The SMILES string of the molecule is N[C@H]1CCN(Cc2ccnc(-c3cnn4ccc(-c5cccs5)nc34)c2)C1.